The summed E-state index contributed by atoms with van der Waals surface area (Å²) in [6, 6.07) is 9.74. The lowest BCUT2D eigenvalue weighted by molar-refractivity contribution is -0.125. The zero-order valence-electron chi connectivity index (χ0n) is 17.8. The van der Waals surface area contributed by atoms with Gasteiger partial charge in [0.1, 0.15) is 11.4 Å². The largest absolute Gasteiger partial charge is 0.372 e. The van der Waals surface area contributed by atoms with Crippen LogP contribution in [0.25, 0.3) is 0 Å². The zero-order chi connectivity index (χ0) is 21.0. The molecule has 1 aromatic carbocycles. The number of hydrogen-bond donors (Lipinski definition) is 2. The molecule has 0 spiro atoms. The summed E-state index contributed by atoms with van der Waals surface area (Å²) in [6.45, 7) is 5.69. The number of anilines is 1. The quantitative estimate of drug-likeness (QED) is 0.732. The number of aryl methyl sites for hydroxylation is 1. The number of carbonyl (C=O) groups excluding carboxylic acids is 1. The smallest absolute Gasteiger partial charge is 0.345 e. The first kappa shape index (κ1) is 21.1. The van der Waals surface area contributed by atoms with Gasteiger partial charge in [0.05, 0.1) is 6.54 Å². The Balaban J connectivity index is 1.59. The number of fused-ring (bicyclic) bond motifs is 1. The minimum absolute atomic E-state index is 0.0238. The number of amides is 1. The number of nitrogens with one attached hydrogen (secondary N) is 2. The Morgan fingerprint density at radius 3 is 2.66 bits per heavy atom. The Hall–Kier alpha value is -2.61. The molecule has 3 rings (SSSR count). The van der Waals surface area contributed by atoms with E-state index in [-0.39, 0.29) is 17.6 Å². The topological polar surface area (TPSA) is 84.2 Å². The maximum atomic E-state index is 12.9. The predicted octanol–water partition coefficient (Wildman–Crippen LogP) is 1.32. The Morgan fingerprint density at radius 1 is 1.24 bits per heavy atom. The van der Waals surface area contributed by atoms with Gasteiger partial charge in [-0.1, -0.05) is 18.2 Å². The second-order valence-electron chi connectivity index (χ2n) is 8.49. The molecule has 2 N–H and O–H groups in total. The highest BCUT2D eigenvalue weighted by molar-refractivity contribution is 5.88. The van der Waals surface area contributed by atoms with E-state index < -0.39 is 5.54 Å². The van der Waals surface area contributed by atoms with E-state index in [0.717, 1.165) is 30.9 Å². The van der Waals surface area contributed by atoms with Crippen LogP contribution < -0.4 is 16.3 Å². The van der Waals surface area contributed by atoms with Crippen molar-refractivity contribution < 1.29 is 4.79 Å². The zero-order valence-corrected chi connectivity index (χ0v) is 17.8. The van der Waals surface area contributed by atoms with E-state index in [1.54, 1.807) is 9.25 Å². The van der Waals surface area contributed by atoms with E-state index in [1.165, 1.54) is 0 Å². The molecule has 1 aliphatic heterocycles. The number of rotatable bonds is 7. The fourth-order valence-electron chi connectivity index (χ4n) is 3.52. The highest BCUT2D eigenvalue weighted by atomic mass is 16.2. The van der Waals surface area contributed by atoms with Gasteiger partial charge in [0.2, 0.25) is 5.91 Å². The maximum absolute atomic E-state index is 12.9. The molecule has 8 nitrogen and oxygen atoms in total. The van der Waals surface area contributed by atoms with Gasteiger partial charge in [0.15, 0.2) is 0 Å². The summed E-state index contributed by atoms with van der Waals surface area (Å²) in [6.07, 6.45) is 2.18. The molecule has 0 saturated heterocycles. The Bertz CT molecular complexity index is 884. The molecule has 1 atom stereocenters. The van der Waals surface area contributed by atoms with Crippen molar-refractivity contribution in [1.82, 2.24) is 24.6 Å². The molecule has 1 amide bonds. The van der Waals surface area contributed by atoms with Crippen molar-refractivity contribution in [2.24, 2.45) is 0 Å². The molecule has 0 radical (unpaired) electrons. The van der Waals surface area contributed by atoms with Crippen LogP contribution in [0, 0.1) is 0 Å². The van der Waals surface area contributed by atoms with Gasteiger partial charge < -0.3 is 15.5 Å². The molecule has 1 aromatic heterocycles. The van der Waals surface area contributed by atoms with Crippen LogP contribution in [0.4, 0.5) is 5.69 Å². The minimum Gasteiger partial charge on any atom is -0.372 e. The molecule has 0 fully saturated rings. The molecule has 29 heavy (non-hydrogen) atoms. The fraction of sp³-hybridized carbons (Fsp3) is 0.571. The van der Waals surface area contributed by atoms with Gasteiger partial charge in [0, 0.05) is 31.2 Å². The van der Waals surface area contributed by atoms with Gasteiger partial charge in [-0.2, -0.15) is 5.10 Å². The van der Waals surface area contributed by atoms with Crippen molar-refractivity contribution >= 4 is 11.6 Å². The summed E-state index contributed by atoms with van der Waals surface area (Å²) in [4.78, 5) is 27.5. The first-order valence-electron chi connectivity index (χ1n) is 10.2. The van der Waals surface area contributed by atoms with Crippen LogP contribution in [0.3, 0.4) is 0 Å². The molecule has 0 saturated carbocycles. The van der Waals surface area contributed by atoms with E-state index in [1.807, 2.05) is 63.2 Å². The van der Waals surface area contributed by atoms with E-state index >= 15 is 0 Å². The monoisotopic (exact) mass is 400 g/mol. The average molecular weight is 401 g/mol. The maximum Gasteiger partial charge on any atom is 0.345 e. The second-order valence-corrected chi connectivity index (χ2v) is 8.49. The van der Waals surface area contributed by atoms with Gasteiger partial charge >= 0.3 is 5.69 Å². The number of likely N-dealkylation sites (N-methyl/N-ethyl adjacent to an activating group) is 1. The van der Waals surface area contributed by atoms with Gasteiger partial charge in [0.25, 0.3) is 0 Å². The molecule has 2 heterocycles. The number of benzene rings is 1. The lowest BCUT2D eigenvalue weighted by atomic mass is 10.0. The molecule has 0 bridgehead atoms. The standard InChI is InChI=1S/C21H32N6O2/c1-21(2,23-17-8-6-5-7-9-17)19(28)22-16-10-11-18-24-27(15-14-25(3)4)20(29)26(18)13-12-16/h5-9,16,23H,10-15H2,1-4H3,(H,22,28). The summed E-state index contributed by atoms with van der Waals surface area (Å²) in [5.41, 5.74) is 0.118. The molecular formula is C21H32N6O2. The Labute approximate surface area is 171 Å². The molecule has 2 aromatic rings. The molecule has 8 heteroatoms. The Morgan fingerprint density at radius 2 is 1.97 bits per heavy atom. The minimum atomic E-state index is -0.736. The van der Waals surface area contributed by atoms with Crippen molar-refractivity contribution in [3.63, 3.8) is 0 Å². The molecule has 1 aliphatic rings. The fourth-order valence-corrected chi connectivity index (χ4v) is 3.52. The number of hydrogen-bond acceptors (Lipinski definition) is 5. The van der Waals surface area contributed by atoms with Gasteiger partial charge in [-0.15, -0.1) is 0 Å². The number of carbonyl (C=O) groups is 1. The van der Waals surface area contributed by atoms with Crippen LogP contribution in [0.5, 0.6) is 0 Å². The van der Waals surface area contributed by atoms with Crippen molar-refractivity contribution in [3.05, 3.63) is 46.6 Å². The van der Waals surface area contributed by atoms with Crippen LogP contribution in [0.15, 0.2) is 35.1 Å². The van der Waals surface area contributed by atoms with Crippen LogP contribution >= 0.6 is 0 Å². The van der Waals surface area contributed by atoms with Crippen LogP contribution in [0.1, 0.15) is 32.5 Å². The summed E-state index contributed by atoms with van der Waals surface area (Å²) in [7, 11) is 3.96. The van der Waals surface area contributed by atoms with Crippen molar-refractivity contribution in [3.8, 4) is 0 Å². The predicted molar refractivity (Wildman–Crippen MR) is 114 cm³/mol. The van der Waals surface area contributed by atoms with Crippen LogP contribution in [-0.2, 0) is 24.3 Å². The van der Waals surface area contributed by atoms with Crippen LogP contribution in [0.2, 0.25) is 0 Å². The SMILES string of the molecule is CN(C)CCn1nc2n(c1=O)CCC(NC(=O)C(C)(C)Nc1ccccc1)CC2. The normalized spacial score (nSPS) is 16.9. The van der Waals surface area contributed by atoms with Crippen molar-refractivity contribution in [1.29, 1.82) is 0 Å². The Kier molecular flexibility index (Phi) is 6.42. The van der Waals surface area contributed by atoms with Crippen molar-refractivity contribution in [2.45, 2.75) is 57.8 Å². The van der Waals surface area contributed by atoms with Gasteiger partial charge in [-0.25, -0.2) is 9.48 Å². The van der Waals surface area contributed by atoms with E-state index in [9.17, 15) is 9.59 Å². The van der Waals surface area contributed by atoms with Gasteiger partial charge in [-0.05, 0) is 52.9 Å². The number of aromatic nitrogens is 3. The molecule has 158 valence electrons. The van der Waals surface area contributed by atoms with Crippen LogP contribution in [-0.4, -0.2) is 57.4 Å². The third-order valence-corrected chi connectivity index (χ3v) is 5.31. The van der Waals surface area contributed by atoms with Gasteiger partial charge in [-0.3, -0.25) is 9.36 Å². The number of para-hydroxylation sites is 1. The average Bonchev–Trinajstić information content (AvgIpc) is 2.83. The first-order chi connectivity index (χ1) is 13.8. The molecule has 0 aliphatic carbocycles. The highest BCUT2D eigenvalue weighted by Crippen LogP contribution is 2.17. The summed E-state index contributed by atoms with van der Waals surface area (Å²) in [5.74, 6) is 0.765. The second kappa shape index (κ2) is 8.82. The third kappa shape index (κ3) is 5.26. The molecule has 1 unspecified atom stereocenters. The van der Waals surface area contributed by atoms with E-state index in [2.05, 4.69) is 15.7 Å². The third-order valence-electron chi connectivity index (χ3n) is 5.31. The molecular weight excluding hydrogens is 368 g/mol. The lowest BCUT2D eigenvalue weighted by Crippen LogP contribution is -2.51. The van der Waals surface area contributed by atoms with E-state index in [0.29, 0.717) is 19.5 Å². The summed E-state index contributed by atoms with van der Waals surface area (Å²) < 4.78 is 3.32. The highest BCUT2D eigenvalue weighted by Gasteiger charge is 2.30. The van der Waals surface area contributed by atoms with Crippen molar-refractivity contribution in [2.75, 3.05) is 26.0 Å². The summed E-state index contributed by atoms with van der Waals surface area (Å²) in [5, 5.41) is 11.0. The number of nitrogens with zero attached hydrogens (tertiary/aromatic N) is 4. The van der Waals surface area contributed by atoms with E-state index in [4.69, 9.17) is 0 Å². The lowest BCUT2D eigenvalue weighted by Gasteiger charge is -2.29. The summed E-state index contributed by atoms with van der Waals surface area (Å²) >= 11 is 0. The first-order valence-corrected chi connectivity index (χ1v) is 10.2.